The molecule has 1 fully saturated rings. The van der Waals surface area contributed by atoms with Crippen LogP contribution >= 0.6 is 0 Å². The average Bonchev–Trinajstić information content (AvgIpc) is 2.74. The van der Waals surface area contributed by atoms with Gasteiger partial charge in [0.25, 0.3) is 0 Å². The highest BCUT2D eigenvalue weighted by Crippen LogP contribution is 2.30. The van der Waals surface area contributed by atoms with Gasteiger partial charge in [-0.2, -0.15) is 0 Å². The molecule has 0 amide bonds. The van der Waals surface area contributed by atoms with Crippen molar-refractivity contribution >= 4 is 11.8 Å². The SMILES string of the molecule is CCOc1cccnc1N1CCC(N)(C(=O)O)C1. The standard InChI is InChI=1S/C12H17N3O3/c1-2-18-9-4-3-6-14-10(9)15-7-5-12(13,8-15)11(16)17/h3-4,6H,2,5,7-8,13H2,1H3,(H,16,17). The molecule has 2 rings (SSSR count). The Balaban J connectivity index is 2.21. The summed E-state index contributed by atoms with van der Waals surface area (Å²) in [7, 11) is 0. The summed E-state index contributed by atoms with van der Waals surface area (Å²) in [4.78, 5) is 17.2. The Labute approximate surface area is 105 Å². The molecule has 0 saturated carbocycles. The van der Waals surface area contributed by atoms with Gasteiger partial charge < -0.3 is 20.5 Å². The third-order valence-corrected chi connectivity index (χ3v) is 3.08. The van der Waals surface area contributed by atoms with Crippen LogP contribution in [0.1, 0.15) is 13.3 Å². The van der Waals surface area contributed by atoms with Crippen LogP contribution in [0.3, 0.4) is 0 Å². The second kappa shape index (κ2) is 4.81. The fraction of sp³-hybridized carbons (Fsp3) is 0.500. The predicted molar refractivity (Wildman–Crippen MR) is 66.8 cm³/mol. The second-order valence-electron chi connectivity index (χ2n) is 4.39. The van der Waals surface area contributed by atoms with Crippen molar-refractivity contribution in [1.29, 1.82) is 0 Å². The molecular weight excluding hydrogens is 234 g/mol. The number of carbonyl (C=O) groups is 1. The number of hydrogen-bond donors (Lipinski definition) is 2. The summed E-state index contributed by atoms with van der Waals surface area (Å²) in [5.74, 6) is 0.349. The Kier molecular flexibility index (Phi) is 3.38. The highest BCUT2D eigenvalue weighted by atomic mass is 16.5. The summed E-state index contributed by atoms with van der Waals surface area (Å²) in [5.41, 5.74) is 4.65. The molecule has 1 aromatic rings. The average molecular weight is 251 g/mol. The lowest BCUT2D eigenvalue weighted by molar-refractivity contribution is -0.142. The minimum atomic E-state index is -1.19. The van der Waals surface area contributed by atoms with Gasteiger partial charge in [0, 0.05) is 19.3 Å². The van der Waals surface area contributed by atoms with Gasteiger partial charge in [0.05, 0.1) is 6.61 Å². The number of carboxylic acids is 1. The molecule has 0 bridgehead atoms. The van der Waals surface area contributed by atoms with Crippen LogP contribution in [0.25, 0.3) is 0 Å². The summed E-state index contributed by atoms with van der Waals surface area (Å²) >= 11 is 0. The van der Waals surface area contributed by atoms with E-state index >= 15 is 0 Å². The molecule has 0 spiro atoms. The van der Waals surface area contributed by atoms with Gasteiger partial charge in [0.15, 0.2) is 11.6 Å². The minimum Gasteiger partial charge on any atom is -0.490 e. The summed E-state index contributed by atoms with van der Waals surface area (Å²) in [5, 5.41) is 9.11. The van der Waals surface area contributed by atoms with Crippen molar-refractivity contribution in [3.05, 3.63) is 18.3 Å². The number of pyridine rings is 1. The van der Waals surface area contributed by atoms with Gasteiger partial charge in [-0.25, -0.2) is 4.98 Å². The lowest BCUT2D eigenvalue weighted by atomic mass is 10.0. The zero-order valence-corrected chi connectivity index (χ0v) is 10.3. The van der Waals surface area contributed by atoms with Gasteiger partial charge in [0.2, 0.25) is 0 Å². The van der Waals surface area contributed by atoms with E-state index in [4.69, 9.17) is 15.6 Å². The molecule has 18 heavy (non-hydrogen) atoms. The first kappa shape index (κ1) is 12.6. The van der Waals surface area contributed by atoms with E-state index < -0.39 is 11.5 Å². The minimum absolute atomic E-state index is 0.249. The molecule has 1 unspecified atom stereocenters. The molecule has 1 aliphatic rings. The van der Waals surface area contributed by atoms with Gasteiger partial charge in [-0.3, -0.25) is 4.79 Å². The highest BCUT2D eigenvalue weighted by molar-refractivity contribution is 5.80. The smallest absolute Gasteiger partial charge is 0.325 e. The number of aliphatic carboxylic acids is 1. The lowest BCUT2D eigenvalue weighted by Gasteiger charge is -2.22. The summed E-state index contributed by atoms with van der Waals surface area (Å²) in [6, 6.07) is 3.61. The van der Waals surface area contributed by atoms with E-state index in [-0.39, 0.29) is 6.54 Å². The topological polar surface area (TPSA) is 88.7 Å². The zero-order valence-electron chi connectivity index (χ0n) is 10.3. The number of hydrogen-bond acceptors (Lipinski definition) is 5. The van der Waals surface area contributed by atoms with Crippen molar-refractivity contribution in [2.24, 2.45) is 5.73 Å². The van der Waals surface area contributed by atoms with E-state index in [0.29, 0.717) is 31.1 Å². The van der Waals surface area contributed by atoms with Crippen molar-refractivity contribution in [3.63, 3.8) is 0 Å². The van der Waals surface area contributed by atoms with E-state index in [2.05, 4.69) is 4.98 Å². The molecule has 6 nitrogen and oxygen atoms in total. The van der Waals surface area contributed by atoms with E-state index in [9.17, 15) is 4.79 Å². The van der Waals surface area contributed by atoms with Gasteiger partial charge in [0.1, 0.15) is 5.54 Å². The van der Waals surface area contributed by atoms with Crippen molar-refractivity contribution < 1.29 is 14.6 Å². The van der Waals surface area contributed by atoms with Gasteiger partial charge in [-0.05, 0) is 25.5 Å². The normalized spacial score (nSPS) is 23.1. The summed E-state index contributed by atoms with van der Waals surface area (Å²) in [6.07, 6.45) is 2.07. The highest BCUT2D eigenvalue weighted by Gasteiger charge is 2.42. The number of anilines is 1. The molecule has 0 radical (unpaired) electrons. The maximum absolute atomic E-state index is 11.1. The molecule has 2 heterocycles. The first-order valence-electron chi connectivity index (χ1n) is 5.92. The van der Waals surface area contributed by atoms with E-state index in [1.807, 2.05) is 17.9 Å². The first-order chi connectivity index (χ1) is 8.57. The number of ether oxygens (including phenoxy) is 1. The Hall–Kier alpha value is -1.82. The fourth-order valence-electron chi connectivity index (χ4n) is 2.08. The predicted octanol–water partition coefficient (Wildman–Crippen LogP) is 0.472. The number of nitrogens with zero attached hydrogens (tertiary/aromatic N) is 2. The van der Waals surface area contributed by atoms with Crippen molar-refractivity contribution in [2.45, 2.75) is 18.9 Å². The summed E-state index contributed by atoms with van der Waals surface area (Å²) < 4.78 is 5.49. The van der Waals surface area contributed by atoms with Gasteiger partial charge in [-0.15, -0.1) is 0 Å². The van der Waals surface area contributed by atoms with Crippen molar-refractivity contribution in [3.8, 4) is 5.75 Å². The molecule has 6 heteroatoms. The maximum Gasteiger partial charge on any atom is 0.325 e. The molecular formula is C12H17N3O3. The number of nitrogens with two attached hydrogens (primary N) is 1. The monoisotopic (exact) mass is 251 g/mol. The third kappa shape index (κ3) is 2.24. The second-order valence-corrected chi connectivity index (χ2v) is 4.39. The molecule has 1 saturated heterocycles. The maximum atomic E-state index is 11.1. The Morgan fingerprint density at radius 1 is 1.72 bits per heavy atom. The van der Waals surface area contributed by atoms with E-state index in [1.165, 1.54) is 0 Å². The van der Waals surface area contributed by atoms with Crippen LogP contribution in [0.4, 0.5) is 5.82 Å². The molecule has 3 N–H and O–H groups in total. The van der Waals surface area contributed by atoms with Crippen LogP contribution < -0.4 is 15.4 Å². The zero-order chi connectivity index (χ0) is 13.2. The van der Waals surface area contributed by atoms with Crippen molar-refractivity contribution in [1.82, 2.24) is 4.98 Å². The van der Waals surface area contributed by atoms with Crippen LogP contribution in [-0.4, -0.2) is 41.3 Å². The van der Waals surface area contributed by atoms with Crippen LogP contribution in [0.2, 0.25) is 0 Å². The largest absolute Gasteiger partial charge is 0.490 e. The molecule has 0 aromatic carbocycles. The van der Waals surface area contributed by atoms with Gasteiger partial charge in [-0.1, -0.05) is 0 Å². The Morgan fingerprint density at radius 2 is 2.50 bits per heavy atom. The fourth-order valence-corrected chi connectivity index (χ4v) is 2.08. The molecule has 1 atom stereocenters. The van der Waals surface area contributed by atoms with Gasteiger partial charge >= 0.3 is 5.97 Å². The van der Waals surface area contributed by atoms with E-state index in [0.717, 1.165) is 0 Å². The lowest BCUT2D eigenvalue weighted by Crippen LogP contribution is -2.50. The Morgan fingerprint density at radius 3 is 3.11 bits per heavy atom. The van der Waals surface area contributed by atoms with E-state index in [1.54, 1.807) is 12.3 Å². The van der Waals surface area contributed by atoms with Crippen molar-refractivity contribution in [2.75, 3.05) is 24.6 Å². The van der Waals surface area contributed by atoms with Crippen LogP contribution in [0.5, 0.6) is 5.75 Å². The summed E-state index contributed by atoms with van der Waals surface area (Å²) in [6.45, 7) is 3.25. The Bertz CT molecular complexity index is 452. The first-order valence-corrected chi connectivity index (χ1v) is 5.92. The number of carboxylic acid groups (broad SMARTS) is 1. The molecule has 98 valence electrons. The van der Waals surface area contributed by atoms with Crippen LogP contribution in [-0.2, 0) is 4.79 Å². The quantitative estimate of drug-likeness (QED) is 0.808. The molecule has 0 aliphatic carbocycles. The van der Waals surface area contributed by atoms with Crippen LogP contribution in [0.15, 0.2) is 18.3 Å². The molecule has 1 aromatic heterocycles. The number of aromatic nitrogens is 1. The molecule has 1 aliphatic heterocycles. The van der Waals surface area contributed by atoms with Crippen LogP contribution in [0, 0.1) is 0 Å². The third-order valence-electron chi connectivity index (χ3n) is 3.08. The number of rotatable bonds is 4.